The zero-order chi connectivity index (χ0) is 25.2. The first-order chi connectivity index (χ1) is 15.8. The van der Waals surface area contributed by atoms with Crippen LogP contribution in [0, 0.1) is 0 Å². The summed E-state index contributed by atoms with van der Waals surface area (Å²) < 4.78 is 43.0. The van der Waals surface area contributed by atoms with Crippen molar-refractivity contribution in [1.82, 2.24) is 0 Å². The van der Waals surface area contributed by atoms with E-state index in [4.69, 9.17) is 26.0 Å². The van der Waals surface area contributed by atoms with E-state index >= 15 is 0 Å². The SMILES string of the molecule is [B][C@@H]1O[C@@](C)(CON=C)[C@@H](O[Si](c2ccccc2)(c2ccccc2)C(C)(C)C)[C@@H]1OS(C)(=O)=O. The summed E-state index contributed by atoms with van der Waals surface area (Å²) >= 11 is 0. The van der Waals surface area contributed by atoms with Gasteiger partial charge in [0, 0.05) is 12.7 Å². The van der Waals surface area contributed by atoms with Crippen LogP contribution in [0.2, 0.25) is 5.04 Å². The van der Waals surface area contributed by atoms with Crippen molar-refractivity contribution < 1.29 is 26.6 Å². The summed E-state index contributed by atoms with van der Waals surface area (Å²) in [6.45, 7) is 11.5. The largest absolute Gasteiger partial charge is 0.399 e. The van der Waals surface area contributed by atoms with E-state index in [-0.39, 0.29) is 11.6 Å². The Labute approximate surface area is 205 Å². The van der Waals surface area contributed by atoms with Crippen LogP contribution in [0.5, 0.6) is 0 Å². The molecule has 0 aliphatic carbocycles. The fourth-order valence-electron chi connectivity index (χ4n) is 4.64. The number of hydrogen-bond acceptors (Lipinski definition) is 7. The molecule has 0 saturated carbocycles. The Balaban J connectivity index is 2.25. The maximum atomic E-state index is 12.2. The highest BCUT2D eigenvalue weighted by Gasteiger charge is 2.60. The van der Waals surface area contributed by atoms with E-state index in [0.29, 0.717) is 0 Å². The quantitative estimate of drug-likeness (QED) is 0.227. The van der Waals surface area contributed by atoms with Gasteiger partial charge in [0.15, 0.2) is 0 Å². The van der Waals surface area contributed by atoms with E-state index in [9.17, 15) is 8.42 Å². The van der Waals surface area contributed by atoms with E-state index in [1.807, 2.05) is 60.7 Å². The minimum absolute atomic E-state index is 0.0449. The van der Waals surface area contributed by atoms with Gasteiger partial charge in [0.1, 0.15) is 32.3 Å². The maximum absolute atomic E-state index is 12.2. The molecule has 2 aromatic carbocycles. The van der Waals surface area contributed by atoms with Gasteiger partial charge in [-0.3, -0.25) is 4.18 Å². The van der Waals surface area contributed by atoms with Gasteiger partial charge in [0.05, 0.1) is 6.26 Å². The molecule has 0 amide bonds. The van der Waals surface area contributed by atoms with Gasteiger partial charge < -0.3 is 14.0 Å². The zero-order valence-corrected chi connectivity index (χ0v) is 22.1. The molecule has 2 radical (unpaired) electrons. The van der Waals surface area contributed by atoms with Crippen LogP contribution in [-0.2, 0) is 28.3 Å². The third kappa shape index (κ3) is 5.31. The summed E-state index contributed by atoms with van der Waals surface area (Å²) in [7, 11) is -0.716. The van der Waals surface area contributed by atoms with Gasteiger partial charge in [-0.25, -0.2) is 0 Å². The number of benzene rings is 2. The van der Waals surface area contributed by atoms with Crippen LogP contribution >= 0.6 is 0 Å². The van der Waals surface area contributed by atoms with Crippen molar-refractivity contribution in [2.45, 2.75) is 56.5 Å². The predicted molar refractivity (Wildman–Crippen MR) is 137 cm³/mol. The molecular formula is C24H32BNO6SSi. The summed E-state index contributed by atoms with van der Waals surface area (Å²) in [5.74, 6) is 0. The monoisotopic (exact) mass is 501 g/mol. The Morgan fingerprint density at radius 2 is 1.59 bits per heavy atom. The lowest BCUT2D eigenvalue weighted by molar-refractivity contribution is -0.0981. The summed E-state index contributed by atoms with van der Waals surface area (Å²) in [6, 6.07) is 18.9. The van der Waals surface area contributed by atoms with Crippen molar-refractivity contribution in [3.63, 3.8) is 0 Å². The van der Waals surface area contributed by atoms with Gasteiger partial charge in [-0.05, 0) is 22.3 Å². The molecule has 34 heavy (non-hydrogen) atoms. The first-order valence-electron chi connectivity index (χ1n) is 11.0. The van der Waals surface area contributed by atoms with Crippen molar-refractivity contribution >= 4 is 43.4 Å². The molecule has 0 bridgehead atoms. The van der Waals surface area contributed by atoms with Gasteiger partial charge >= 0.3 is 0 Å². The number of oxime groups is 1. The highest BCUT2D eigenvalue weighted by Crippen LogP contribution is 2.43. The van der Waals surface area contributed by atoms with E-state index in [1.165, 1.54) is 0 Å². The molecule has 4 atom stereocenters. The molecule has 3 rings (SSSR count). The Kier molecular flexibility index (Phi) is 7.79. The van der Waals surface area contributed by atoms with E-state index < -0.39 is 42.2 Å². The smallest absolute Gasteiger partial charge is 0.264 e. The molecule has 0 aromatic heterocycles. The second-order valence-electron chi connectivity index (χ2n) is 9.76. The van der Waals surface area contributed by atoms with Gasteiger partial charge in [-0.2, -0.15) is 8.42 Å². The number of hydrogen-bond donors (Lipinski definition) is 0. The minimum Gasteiger partial charge on any atom is -0.399 e. The van der Waals surface area contributed by atoms with Gasteiger partial charge in [-0.15, -0.1) is 5.16 Å². The Morgan fingerprint density at radius 3 is 2.00 bits per heavy atom. The van der Waals surface area contributed by atoms with Gasteiger partial charge in [0.25, 0.3) is 18.4 Å². The van der Waals surface area contributed by atoms with Gasteiger partial charge in [-0.1, -0.05) is 81.4 Å². The van der Waals surface area contributed by atoms with E-state index in [1.54, 1.807) is 6.92 Å². The highest BCUT2D eigenvalue weighted by atomic mass is 32.2. The average Bonchev–Trinajstić information content (AvgIpc) is 2.98. The summed E-state index contributed by atoms with van der Waals surface area (Å²) in [5.41, 5.74) is -1.15. The van der Waals surface area contributed by atoms with Crippen LogP contribution in [-0.4, -0.2) is 68.0 Å². The predicted octanol–water partition coefficient (Wildman–Crippen LogP) is 2.19. The van der Waals surface area contributed by atoms with Crippen molar-refractivity contribution in [2.75, 3.05) is 12.9 Å². The van der Waals surface area contributed by atoms with Crippen molar-refractivity contribution in [1.29, 1.82) is 0 Å². The van der Waals surface area contributed by atoms with Crippen molar-refractivity contribution in [2.24, 2.45) is 5.16 Å². The highest BCUT2D eigenvalue weighted by molar-refractivity contribution is 7.86. The third-order valence-electron chi connectivity index (χ3n) is 6.08. The fourth-order valence-corrected chi connectivity index (χ4v) is 10.0. The molecule has 2 aromatic rings. The van der Waals surface area contributed by atoms with Crippen LogP contribution in [0.25, 0.3) is 0 Å². The van der Waals surface area contributed by atoms with Crippen molar-refractivity contribution in [3.05, 3.63) is 60.7 Å². The molecule has 0 unspecified atom stereocenters. The van der Waals surface area contributed by atoms with Crippen molar-refractivity contribution in [3.8, 4) is 0 Å². The van der Waals surface area contributed by atoms with Crippen LogP contribution in [0.4, 0.5) is 0 Å². The number of nitrogens with zero attached hydrogens (tertiary/aromatic N) is 1. The normalized spacial score (nSPS) is 25.7. The van der Waals surface area contributed by atoms with E-state index in [0.717, 1.165) is 16.6 Å². The van der Waals surface area contributed by atoms with Crippen LogP contribution < -0.4 is 10.4 Å². The molecule has 7 nitrogen and oxygen atoms in total. The zero-order valence-electron chi connectivity index (χ0n) is 20.3. The minimum atomic E-state index is -3.87. The second kappa shape index (κ2) is 9.95. The molecule has 1 aliphatic rings. The lowest BCUT2D eigenvalue weighted by Gasteiger charge is -2.47. The molecule has 1 heterocycles. The topological polar surface area (TPSA) is 83.4 Å². The summed E-state index contributed by atoms with van der Waals surface area (Å²) in [4.78, 5) is 5.25. The van der Waals surface area contributed by atoms with Crippen LogP contribution in [0.1, 0.15) is 27.7 Å². The molecule has 10 heteroatoms. The summed E-state index contributed by atoms with van der Waals surface area (Å²) in [6.07, 6.45) is -0.989. The molecule has 0 N–H and O–H groups in total. The van der Waals surface area contributed by atoms with Crippen LogP contribution in [0.15, 0.2) is 65.8 Å². The molecule has 182 valence electrons. The van der Waals surface area contributed by atoms with Crippen LogP contribution in [0.3, 0.4) is 0 Å². The second-order valence-corrected chi connectivity index (χ2v) is 15.6. The third-order valence-corrected chi connectivity index (χ3v) is 11.7. The average molecular weight is 501 g/mol. The Bertz CT molecular complexity index is 1040. The maximum Gasteiger partial charge on any atom is 0.264 e. The lowest BCUT2D eigenvalue weighted by Crippen LogP contribution is -2.70. The Hall–Kier alpha value is -1.98. The lowest BCUT2D eigenvalue weighted by atomic mass is 9.90. The molecule has 0 spiro atoms. The fraction of sp³-hybridized carbons (Fsp3) is 0.458. The molecule has 1 saturated heterocycles. The first kappa shape index (κ1) is 26.6. The number of rotatable bonds is 9. The standard InChI is InChI=1S/C24H32BNO6SSi/c1-23(2,3)34(18-13-9-7-10-14-18,19-15-11-8-12-16-19)32-21-20(31-33(6,27)28)22(25)30-24(21,4)17-29-26-5/h7-16,20-22H,5,17H2,1-4,6H3/t20-,21-,22+,24-/m0/s1. The molecule has 1 fully saturated rings. The Morgan fingerprint density at radius 1 is 1.09 bits per heavy atom. The van der Waals surface area contributed by atoms with Gasteiger partial charge in [0.2, 0.25) is 0 Å². The first-order valence-corrected chi connectivity index (χ1v) is 14.7. The number of ether oxygens (including phenoxy) is 1. The summed E-state index contributed by atoms with van der Waals surface area (Å²) in [5, 5.41) is 5.18. The van der Waals surface area contributed by atoms with E-state index in [2.05, 4.69) is 32.6 Å². The molecule has 1 aliphatic heterocycles. The molecular weight excluding hydrogens is 469 g/mol.